The van der Waals surface area contributed by atoms with Gasteiger partial charge < -0.3 is 0 Å². The third kappa shape index (κ3) is 2.76. The molecular weight excluding hydrogens is 218 g/mol. The van der Waals surface area contributed by atoms with Crippen molar-refractivity contribution in [1.29, 1.82) is 0 Å². The van der Waals surface area contributed by atoms with Crippen LogP contribution in [0.25, 0.3) is 0 Å². The minimum atomic E-state index is 0.767. The molecule has 0 spiro atoms. The van der Waals surface area contributed by atoms with Crippen molar-refractivity contribution in [2.24, 2.45) is 11.8 Å². The minimum absolute atomic E-state index is 0.767. The topological polar surface area (TPSA) is 12.9 Å². The van der Waals surface area contributed by atoms with Crippen LogP contribution in [-0.2, 0) is 6.42 Å². The maximum absolute atomic E-state index is 4.59. The highest BCUT2D eigenvalue weighted by atomic mass is 14.7. The number of aryl methyl sites for hydroxylation is 2. The van der Waals surface area contributed by atoms with Crippen molar-refractivity contribution < 1.29 is 0 Å². The monoisotopic (exact) mass is 245 g/mol. The van der Waals surface area contributed by atoms with Gasteiger partial charge in [-0.15, -0.1) is 0 Å². The van der Waals surface area contributed by atoms with E-state index in [-0.39, 0.29) is 0 Å². The molecule has 0 amide bonds. The third-order valence-corrected chi connectivity index (χ3v) is 4.75. The van der Waals surface area contributed by atoms with E-state index < -0.39 is 0 Å². The number of nitrogens with zero attached hydrogens (tertiary/aromatic N) is 1. The highest BCUT2D eigenvalue weighted by Crippen LogP contribution is 2.40. The van der Waals surface area contributed by atoms with Crippen molar-refractivity contribution in [3.63, 3.8) is 0 Å². The molecule has 0 aromatic carbocycles. The minimum Gasteiger partial charge on any atom is -0.261 e. The fourth-order valence-electron chi connectivity index (χ4n) is 3.54. The van der Waals surface area contributed by atoms with Crippen molar-refractivity contribution in [2.45, 2.75) is 65.7 Å². The molecule has 0 saturated heterocycles. The molecule has 100 valence electrons. The number of hydrogen-bond donors (Lipinski definition) is 0. The van der Waals surface area contributed by atoms with Crippen molar-refractivity contribution in [3.05, 3.63) is 29.1 Å². The van der Waals surface area contributed by atoms with E-state index in [1.807, 2.05) is 6.20 Å². The lowest BCUT2D eigenvalue weighted by Crippen LogP contribution is -2.19. The van der Waals surface area contributed by atoms with Crippen molar-refractivity contribution in [3.8, 4) is 0 Å². The Bertz CT molecular complexity index is 387. The average Bonchev–Trinajstić information content (AvgIpc) is 2.38. The molecule has 1 aliphatic carbocycles. The second-order valence-corrected chi connectivity index (χ2v) is 6.20. The predicted molar refractivity (Wildman–Crippen MR) is 77.9 cm³/mol. The normalized spacial score (nSPS) is 24.5. The lowest BCUT2D eigenvalue weighted by atomic mass is 9.73. The Morgan fingerprint density at radius 3 is 2.44 bits per heavy atom. The number of rotatable bonds is 3. The molecule has 2 rings (SSSR count). The molecule has 1 heteroatoms. The van der Waals surface area contributed by atoms with E-state index in [0.717, 1.165) is 24.2 Å². The Morgan fingerprint density at radius 1 is 1.22 bits per heavy atom. The highest BCUT2D eigenvalue weighted by Gasteiger charge is 2.26. The summed E-state index contributed by atoms with van der Waals surface area (Å²) in [6, 6.07) is 2.18. The second kappa shape index (κ2) is 5.86. The third-order valence-electron chi connectivity index (χ3n) is 4.75. The Balaban J connectivity index is 2.14. The Hall–Kier alpha value is -0.850. The molecule has 1 aromatic heterocycles. The van der Waals surface area contributed by atoms with Crippen LogP contribution < -0.4 is 0 Å². The smallest absolute Gasteiger partial charge is 0.0438 e. The molecule has 0 aliphatic heterocycles. The first kappa shape index (κ1) is 13.6. The molecule has 0 radical (unpaired) electrons. The molecule has 1 fully saturated rings. The zero-order valence-corrected chi connectivity index (χ0v) is 12.4. The Kier molecular flexibility index (Phi) is 4.42. The van der Waals surface area contributed by atoms with Crippen LogP contribution in [0.1, 0.15) is 69.2 Å². The summed E-state index contributed by atoms with van der Waals surface area (Å²) in [5.74, 6) is 2.57. The first-order chi connectivity index (χ1) is 8.63. The molecular formula is C17H27N. The van der Waals surface area contributed by atoms with E-state index >= 15 is 0 Å². The molecule has 1 aromatic rings. The van der Waals surface area contributed by atoms with Crippen LogP contribution >= 0.6 is 0 Å². The number of hydrogen-bond acceptors (Lipinski definition) is 1. The largest absolute Gasteiger partial charge is 0.261 e. The molecule has 18 heavy (non-hydrogen) atoms. The van der Waals surface area contributed by atoms with Gasteiger partial charge in [-0.05, 0) is 74.0 Å². The van der Waals surface area contributed by atoms with Crippen molar-refractivity contribution >= 4 is 0 Å². The summed E-state index contributed by atoms with van der Waals surface area (Å²) < 4.78 is 0. The van der Waals surface area contributed by atoms with Crippen molar-refractivity contribution in [2.75, 3.05) is 0 Å². The van der Waals surface area contributed by atoms with Gasteiger partial charge in [0.1, 0.15) is 0 Å². The highest BCUT2D eigenvalue weighted by molar-refractivity contribution is 5.33. The average molecular weight is 245 g/mol. The Morgan fingerprint density at radius 2 is 1.89 bits per heavy atom. The van der Waals surface area contributed by atoms with Gasteiger partial charge in [-0.3, -0.25) is 4.98 Å². The summed E-state index contributed by atoms with van der Waals surface area (Å²) in [6.45, 7) is 9.23. The zero-order chi connectivity index (χ0) is 13.1. The van der Waals surface area contributed by atoms with Crippen LogP contribution in [0.5, 0.6) is 0 Å². The molecule has 0 atom stereocenters. The first-order valence-electron chi connectivity index (χ1n) is 7.57. The lowest BCUT2D eigenvalue weighted by molar-refractivity contribution is 0.258. The van der Waals surface area contributed by atoms with Gasteiger partial charge in [-0.25, -0.2) is 0 Å². The van der Waals surface area contributed by atoms with Gasteiger partial charge in [0, 0.05) is 11.9 Å². The quantitative estimate of drug-likeness (QED) is 0.739. The lowest BCUT2D eigenvalue weighted by Gasteiger charge is -2.32. The van der Waals surface area contributed by atoms with Gasteiger partial charge in [-0.1, -0.05) is 20.8 Å². The fraction of sp³-hybridized carbons (Fsp3) is 0.706. The van der Waals surface area contributed by atoms with E-state index in [1.54, 1.807) is 5.56 Å². The second-order valence-electron chi connectivity index (χ2n) is 6.20. The summed E-state index contributed by atoms with van der Waals surface area (Å²) in [5.41, 5.74) is 4.36. The van der Waals surface area contributed by atoms with E-state index in [9.17, 15) is 0 Å². The molecule has 1 heterocycles. The molecule has 0 N–H and O–H groups in total. The Labute approximate surface area is 112 Å². The number of pyridine rings is 1. The van der Waals surface area contributed by atoms with Crippen LogP contribution in [0.4, 0.5) is 0 Å². The number of aromatic nitrogens is 1. The molecule has 0 unspecified atom stereocenters. The van der Waals surface area contributed by atoms with E-state index in [1.165, 1.54) is 36.9 Å². The predicted octanol–water partition coefficient (Wildman–Crippen LogP) is 4.88. The fourth-order valence-corrected chi connectivity index (χ4v) is 3.54. The maximum atomic E-state index is 4.59. The standard InChI is InChI=1S/C17H27N/c1-5-16-17(13(4)10-11-18-16)15-8-6-14(7-9-15)12(2)3/h10-12,14-15H,5-9H2,1-4H3. The van der Waals surface area contributed by atoms with Gasteiger partial charge in [0.2, 0.25) is 0 Å². The van der Waals surface area contributed by atoms with Gasteiger partial charge >= 0.3 is 0 Å². The summed E-state index contributed by atoms with van der Waals surface area (Å²) in [5, 5.41) is 0. The van der Waals surface area contributed by atoms with Crippen molar-refractivity contribution in [1.82, 2.24) is 4.98 Å². The maximum Gasteiger partial charge on any atom is 0.0438 e. The summed E-state index contributed by atoms with van der Waals surface area (Å²) in [4.78, 5) is 4.59. The van der Waals surface area contributed by atoms with Gasteiger partial charge in [0.05, 0.1) is 0 Å². The summed E-state index contributed by atoms with van der Waals surface area (Å²) >= 11 is 0. The van der Waals surface area contributed by atoms with Crippen LogP contribution in [0, 0.1) is 18.8 Å². The summed E-state index contributed by atoms with van der Waals surface area (Å²) in [7, 11) is 0. The molecule has 0 bridgehead atoms. The van der Waals surface area contributed by atoms with Crippen LogP contribution in [0.2, 0.25) is 0 Å². The van der Waals surface area contributed by atoms with E-state index in [4.69, 9.17) is 0 Å². The van der Waals surface area contributed by atoms with E-state index in [2.05, 4.69) is 38.7 Å². The van der Waals surface area contributed by atoms with Gasteiger partial charge in [0.15, 0.2) is 0 Å². The van der Waals surface area contributed by atoms with Gasteiger partial charge in [-0.2, -0.15) is 0 Å². The molecule has 1 nitrogen and oxygen atoms in total. The summed E-state index contributed by atoms with van der Waals surface area (Å²) in [6.07, 6.45) is 8.57. The van der Waals surface area contributed by atoms with E-state index in [0.29, 0.717) is 0 Å². The van der Waals surface area contributed by atoms with Gasteiger partial charge in [0.25, 0.3) is 0 Å². The van der Waals surface area contributed by atoms with Crippen LogP contribution in [0.3, 0.4) is 0 Å². The van der Waals surface area contributed by atoms with Crippen LogP contribution in [-0.4, -0.2) is 4.98 Å². The van der Waals surface area contributed by atoms with Crippen LogP contribution in [0.15, 0.2) is 12.3 Å². The SMILES string of the molecule is CCc1nccc(C)c1C1CCC(C(C)C)CC1. The zero-order valence-electron chi connectivity index (χ0n) is 12.4. The molecule has 1 saturated carbocycles. The first-order valence-corrected chi connectivity index (χ1v) is 7.57. The molecule has 1 aliphatic rings.